The molecule has 2 aliphatic heterocycles. The quantitative estimate of drug-likeness (QED) is 0.568. The average Bonchev–Trinajstić information content (AvgIpc) is 3.30. The maximum Gasteiger partial charge on any atom is 0.225 e. The molecule has 0 radical (unpaired) electrons. The summed E-state index contributed by atoms with van der Waals surface area (Å²) in [5.41, 5.74) is 1.31. The number of carbonyl (C=O) groups excluding carboxylic acids is 1. The highest BCUT2D eigenvalue weighted by molar-refractivity contribution is 5.80. The van der Waals surface area contributed by atoms with Crippen LogP contribution in [0.3, 0.4) is 0 Å². The Balaban J connectivity index is 1.26. The molecule has 2 heterocycles. The van der Waals surface area contributed by atoms with E-state index in [4.69, 9.17) is 4.74 Å². The smallest absolute Gasteiger partial charge is 0.225 e. The van der Waals surface area contributed by atoms with Gasteiger partial charge < -0.3 is 25.0 Å². The van der Waals surface area contributed by atoms with Crippen LogP contribution in [-0.4, -0.2) is 60.8 Å². The van der Waals surface area contributed by atoms with Gasteiger partial charge in [-0.2, -0.15) is 0 Å². The highest BCUT2D eigenvalue weighted by Crippen LogP contribution is 2.31. The van der Waals surface area contributed by atoms with Gasteiger partial charge >= 0.3 is 0 Å². The number of hydrogen-bond donors (Lipinski definition) is 2. The van der Waals surface area contributed by atoms with E-state index in [1.807, 2.05) is 0 Å². The van der Waals surface area contributed by atoms with Gasteiger partial charge in [0.1, 0.15) is 11.9 Å². The lowest BCUT2D eigenvalue weighted by Crippen LogP contribution is -2.48. The summed E-state index contributed by atoms with van der Waals surface area (Å²) < 4.78 is 33.5. The van der Waals surface area contributed by atoms with Crippen molar-refractivity contribution in [2.24, 2.45) is 5.92 Å². The zero-order valence-corrected chi connectivity index (χ0v) is 19.8. The molecule has 2 saturated heterocycles. The van der Waals surface area contributed by atoms with Gasteiger partial charge in [0.2, 0.25) is 5.91 Å². The van der Waals surface area contributed by atoms with Crippen LogP contribution >= 0.6 is 0 Å². The van der Waals surface area contributed by atoms with Crippen LogP contribution in [0.5, 0.6) is 5.75 Å². The summed E-state index contributed by atoms with van der Waals surface area (Å²) in [6, 6.07) is 10.3. The van der Waals surface area contributed by atoms with Gasteiger partial charge in [0.05, 0.1) is 18.1 Å². The van der Waals surface area contributed by atoms with Crippen molar-refractivity contribution in [3.05, 3.63) is 59.7 Å². The normalized spacial score (nSPS) is 22.3. The van der Waals surface area contributed by atoms with E-state index >= 15 is 0 Å². The Morgan fingerprint density at radius 3 is 2.49 bits per heavy atom. The number of likely N-dealkylation sites (tertiary alicyclic amines) is 1. The molecule has 1 saturated carbocycles. The van der Waals surface area contributed by atoms with Gasteiger partial charge in [-0.25, -0.2) is 8.78 Å². The number of benzene rings is 2. The minimum absolute atomic E-state index is 0.0864. The molecular formula is C27H33F2N3O3. The van der Waals surface area contributed by atoms with Crippen LogP contribution in [-0.2, 0) is 4.79 Å². The molecular weight excluding hydrogens is 452 g/mol. The Kier molecular flexibility index (Phi) is 7.20. The molecule has 1 amide bonds. The fourth-order valence-electron chi connectivity index (χ4n) is 5.02. The Hall–Kier alpha value is -2.71. The number of rotatable bonds is 9. The summed E-state index contributed by atoms with van der Waals surface area (Å²) >= 11 is 0. The van der Waals surface area contributed by atoms with Crippen LogP contribution in [0.1, 0.15) is 43.8 Å². The maximum atomic E-state index is 14.6. The summed E-state index contributed by atoms with van der Waals surface area (Å²) in [5.74, 6) is -0.934. The van der Waals surface area contributed by atoms with Gasteiger partial charge in [0.25, 0.3) is 0 Å². The number of anilines is 1. The molecule has 3 aliphatic rings. The third kappa shape index (κ3) is 5.93. The molecule has 5 rings (SSSR count). The zero-order chi connectivity index (χ0) is 24.4. The summed E-state index contributed by atoms with van der Waals surface area (Å²) in [5, 5.41) is 14.3. The van der Waals surface area contributed by atoms with Crippen molar-refractivity contribution < 1.29 is 23.4 Å². The van der Waals surface area contributed by atoms with E-state index in [9.17, 15) is 18.7 Å². The van der Waals surface area contributed by atoms with Crippen LogP contribution in [0.25, 0.3) is 0 Å². The molecule has 2 aromatic carbocycles. The lowest BCUT2D eigenvalue weighted by molar-refractivity contribution is -0.126. The number of nitrogens with zero attached hydrogens (tertiary/aromatic N) is 2. The Labute approximate surface area is 204 Å². The standard InChI is InChI=1S/C27H33F2N3O3/c28-20-4-6-21(7-5-20)32-14-11-19(16-32)27(34)30-24(17-31-12-1-2-13-31)26(33)18-3-10-25(23(29)15-18)35-22-8-9-22/h3-7,10,15,19,22,24,26,33H,1-2,8-9,11-14,16-17H2,(H,30,34). The van der Waals surface area contributed by atoms with Gasteiger partial charge in [-0.1, -0.05) is 6.07 Å². The second-order valence-corrected chi connectivity index (χ2v) is 9.98. The van der Waals surface area contributed by atoms with Crippen molar-refractivity contribution in [1.82, 2.24) is 10.2 Å². The van der Waals surface area contributed by atoms with Crippen molar-refractivity contribution in [2.45, 2.75) is 50.4 Å². The van der Waals surface area contributed by atoms with Crippen LogP contribution in [0.15, 0.2) is 42.5 Å². The molecule has 2 aromatic rings. The number of amides is 1. The zero-order valence-electron chi connectivity index (χ0n) is 19.8. The second-order valence-electron chi connectivity index (χ2n) is 9.98. The number of aliphatic hydroxyl groups is 1. The maximum absolute atomic E-state index is 14.6. The molecule has 188 valence electrons. The van der Waals surface area contributed by atoms with Crippen LogP contribution in [0, 0.1) is 17.6 Å². The molecule has 2 N–H and O–H groups in total. The van der Waals surface area contributed by atoms with Gasteiger partial charge in [-0.05, 0) is 87.2 Å². The molecule has 0 bridgehead atoms. The van der Waals surface area contributed by atoms with Crippen LogP contribution in [0.4, 0.5) is 14.5 Å². The summed E-state index contributed by atoms with van der Waals surface area (Å²) in [4.78, 5) is 17.5. The third-order valence-electron chi connectivity index (χ3n) is 7.23. The van der Waals surface area contributed by atoms with Gasteiger partial charge in [-0.15, -0.1) is 0 Å². The lowest BCUT2D eigenvalue weighted by Gasteiger charge is -2.30. The monoisotopic (exact) mass is 485 g/mol. The first-order valence-electron chi connectivity index (χ1n) is 12.6. The summed E-state index contributed by atoms with van der Waals surface area (Å²) in [7, 11) is 0. The average molecular weight is 486 g/mol. The molecule has 1 aliphatic carbocycles. The molecule has 3 atom stereocenters. The van der Waals surface area contributed by atoms with Crippen molar-refractivity contribution in [3.63, 3.8) is 0 Å². The van der Waals surface area contributed by atoms with E-state index in [0.717, 1.165) is 44.5 Å². The largest absolute Gasteiger partial charge is 0.487 e. The molecule has 0 aromatic heterocycles. The minimum atomic E-state index is -1.04. The van der Waals surface area contributed by atoms with E-state index in [1.54, 1.807) is 24.3 Å². The predicted octanol–water partition coefficient (Wildman–Crippen LogP) is 3.65. The van der Waals surface area contributed by atoms with E-state index in [-0.39, 0.29) is 29.5 Å². The number of halogens is 2. The van der Waals surface area contributed by atoms with E-state index in [1.165, 1.54) is 18.2 Å². The number of aliphatic hydroxyl groups excluding tert-OH is 1. The number of ether oxygens (including phenoxy) is 1. The van der Waals surface area contributed by atoms with E-state index in [2.05, 4.69) is 15.1 Å². The minimum Gasteiger partial charge on any atom is -0.487 e. The molecule has 3 fully saturated rings. The first-order chi connectivity index (χ1) is 17.0. The predicted molar refractivity (Wildman–Crippen MR) is 129 cm³/mol. The van der Waals surface area contributed by atoms with Crippen LogP contribution < -0.4 is 15.0 Å². The van der Waals surface area contributed by atoms with Crippen molar-refractivity contribution >= 4 is 11.6 Å². The first kappa shape index (κ1) is 24.0. The van der Waals surface area contributed by atoms with Gasteiger partial charge in [-0.3, -0.25) is 4.79 Å². The molecule has 0 spiro atoms. The van der Waals surface area contributed by atoms with Gasteiger partial charge in [0, 0.05) is 25.3 Å². The van der Waals surface area contributed by atoms with E-state index < -0.39 is 18.0 Å². The second kappa shape index (κ2) is 10.5. The van der Waals surface area contributed by atoms with Gasteiger partial charge in [0.15, 0.2) is 11.6 Å². The van der Waals surface area contributed by atoms with Crippen molar-refractivity contribution in [1.29, 1.82) is 0 Å². The summed E-state index contributed by atoms with van der Waals surface area (Å²) in [6.45, 7) is 3.58. The molecule has 8 heteroatoms. The fraction of sp³-hybridized carbons (Fsp3) is 0.519. The summed E-state index contributed by atoms with van der Waals surface area (Å²) in [6.07, 6.45) is 3.78. The highest BCUT2D eigenvalue weighted by atomic mass is 19.1. The number of hydrogen-bond acceptors (Lipinski definition) is 5. The Bertz CT molecular complexity index is 1020. The van der Waals surface area contributed by atoms with Crippen molar-refractivity contribution in [3.8, 4) is 5.75 Å². The fourth-order valence-corrected chi connectivity index (χ4v) is 5.02. The first-order valence-corrected chi connectivity index (χ1v) is 12.6. The highest BCUT2D eigenvalue weighted by Gasteiger charge is 2.33. The molecule has 6 nitrogen and oxygen atoms in total. The lowest BCUT2D eigenvalue weighted by atomic mass is 9.99. The van der Waals surface area contributed by atoms with E-state index in [0.29, 0.717) is 31.6 Å². The molecule has 3 unspecified atom stereocenters. The Morgan fingerprint density at radius 1 is 1.06 bits per heavy atom. The van der Waals surface area contributed by atoms with Crippen LogP contribution in [0.2, 0.25) is 0 Å². The SMILES string of the molecule is O=C(NC(CN1CCCC1)C(O)c1ccc(OC2CC2)c(F)c1)C1CCN(c2ccc(F)cc2)C1. The topological polar surface area (TPSA) is 65.0 Å². The molecule has 35 heavy (non-hydrogen) atoms. The third-order valence-corrected chi connectivity index (χ3v) is 7.23. The number of carbonyl (C=O) groups is 1. The Morgan fingerprint density at radius 2 is 1.80 bits per heavy atom. The van der Waals surface area contributed by atoms with Crippen molar-refractivity contribution in [2.75, 3.05) is 37.6 Å². The number of nitrogens with one attached hydrogen (secondary N) is 1.